The molecule has 0 saturated heterocycles. The van der Waals surface area contributed by atoms with Gasteiger partial charge in [0, 0.05) is 17.8 Å². The maximum absolute atomic E-state index is 12.3. The second kappa shape index (κ2) is 5.78. The van der Waals surface area contributed by atoms with Crippen LogP contribution in [0.5, 0.6) is 0 Å². The molecule has 0 fully saturated rings. The monoisotopic (exact) mass is 377 g/mol. The average Bonchev–Trinajstić information content (AvgIpc) is 3.30. The number of benzene rings is 1. The van der Waals surface area contributed by atoms with Crippen LogP contribution in [0.1, 0.15) is 5.76 Å². The molecular formula is C19H12ClN5O2. The van der Waals surface area contributed by atoms with Crippen LogP contribution in [-0.2, 0) is 0 Å². The van der Waals surface area contributed by atoms with Crippen molar-refractivity contribution in [2.45, 2.75) is 6.92 Å². The lowest BCUT2D eigenvalue weighted by atomic mass is 10.0. The second-order valence-corrected chi connectivity index (χ2v) is 6.61. The van der Waals surface area contributed by atoms with Gasteiger partial charge in [-0.3, -0.25) is 9.89 Å². The number of aromatic amines is 2. The number of halogens is 1. The molecule has 0 aliphatic rings. The minimum atomic E-state index is -0.116. The van der Waals surface area contributed by atoms with Crippen LogP contribution in [0.3, 0.4) is 0 Å². The maximum Gasteiger partial charge on any atom is 0.191 e. The van der Waals surface area contributed by atoms with Crippen molar-refractivity contribution >= 4 is 33.7 Å². The van der Waals surface area contributed by atoms with E-state index in [2.05, 4.69) is 25.4 Å². The predicted octanol–water partition coefficient (Wildman–Crippen LogP) is 4.08. The van der Waals surface area contributed by atoms with E-state index in [0.29, 0.717) is 38.5 Å². The van der Waals surface area contributed by atoms with Gasteiger partial charge in [-0.2, -0.15) is 0 Å². The van der Waals surface area contributed by atoms with Crippen LogP contribution >= 0.6 is 11.6 Å². The number of furan rings is 1. The number of hydrogen-bond acceptors (Lipinski definition) is 5. The van der Waals surface area contributed by atoms with Crippen LogP contribution in [0.25, 0.3) is 44.6 Å². The van der Waals surface area contributed by atoms with E-state index >= 15 is 0 Å². The minimum Gasteiger partial charge on any atom is -0.460 e. The molecule has 0 radical (unpaired) electrons. The Labute approximate surface area is 157 Å². The van der Waals surface area contributed by atoms with Gasteiger partial charge in [0.1, 0.15) is 22.6 Å². The Bertz CT molecular complexity index is 1380. The molecule has 5 aromatic rings. The molecule has 0 unspecified atom stereocenters. The van der Waals surface area contributed by atoms with E-state index in [-0.39, 0.29) is 5.43 Å². The van der Waals surface area contributed by atoms with Gasteiger partial charge in [-0.1, -0.05) is 16.8 Å². The van der Waals surface area contributed by atoms with Crippen molar-refractivity contribution in [1.82, 2.24) is 25.4 Å². The van der Waals surface area contributed by atoms with Gasteiger partial charge in [-0.05, 0) is 42.8 Å². The van der Waals surface area contributed by atoms with E-state index in [1.54, 1.807) is 18.3 Å². The smallest absolute Gasteiger partial charge is 0.191 e. The Morgan fingerprint density at radius 3 is 2.85 bits per heavy atom. The summed E-state index contributed by atoms with van der Waals surface area (Å²) in [5.74, 6) is 1.37. The molecule has 0 spiro atoms. The van der Waals surface area contributed by atoms with Gasteiger partial charge in [0.25, 0.3) is 0 Å². The molecule has 5 rings (SSSR count). The molecule has 1 aromatic carbocycles. The number of nitrogens with one attached hydrogen (secondary N) is 2. The molecule has 132 valence electrons. The van der Waals surface area contributed by atoms with Crippen LogP contribution in [0.2, 0.25) is 5.02 Å². The predicted molar refractivity (Wildman–Crippen MR) is 103 cm³/mol. The second-order valence-electron chi connectivity index (χ2n) is 6.20. The van der Waals surface area contributed by atoms with Gasteiger partial charge in [-0.25, -0.2) is 4.98 Å². The summed E-state index contributed by atoms with van der Waals surface area (Å²) in [6.07, 6.45) is 1.58. The lowest BCUT2D eigenvalue weighted by Gasteiger charge is -2.10. The molecule has 0 bridgehead atoms. The highest BCUT2D eigenvalue weighted by atomic mass is 35.5. The largest absolute Gasteiger partial charge is 0.460 e. The number of H-pyrrole nitrogens is 2. The first kappa shape index (κ1) is 15.8. The van der Waals surface area contributed by atoms with Crippen LogP contribution < -0.4 is 5.43 Å². The molecule has 27 heavy (non-hydrogen) atoms. The molecule has 4 aromatic heterocycles. The molecule has 4 heterocycles. The topological polar surface area (TPSA) is 100 Å². The van der Waals surface area contributed by atoms with Crippen LogP contribution in [0.15, 0.2) is 51.8 Å². The number of fused-ring (bicyclic) bond motifs is 2. The van der Waals surface area contributed by atoms with E-state index in [9.17, 15) is 4.79 Å². The average molecular weight is 378 g/mol. The third-order valence-electron chi connectivity index (χ3n) is 4.41. The molecule has 0 atom stereocenters. The number of aromatic nitrogens is 5. The van der Waals surface area contributed by atoms with Crippen molar-refractivity contribution in [1.29, 1.82) is 0 Å². The number of rotatable bonds is 2. The van der Waals surface area contributed by atoms with Crippen molar-refractivity contribution in [3.05, 3.63) is 63.6 Å². The highest BCUT2D eigenvalue weighted by Gasteiger charge is 2.17. The first-order chi connectivity index (χ1) is 13.1. The Morgan fingerprint density at radius 2 is 2.04 bits per heavy atom. The van der Waals surface area contributed by atoms with Crippen LogP contribution in [0.4, 0.5) is 0 Å². The molecule has 2 N–H and O–H groups in total. The Morgan fingerprint density at radius 1 is 1.15 bits per heavy atom. The summed E-state index contributed by atoms with van der Waals surface area (Å²) in [4.78, 5) is 20.0. The summed E-state index contributed by atoms with van der Waals surface area (Å²) in [5, 5.41) is 11.5. The fourth-order valence-corrected chi connectivity index (χ4v) is 3.39. The normalized spacial score (nSPS) is 11.5. The van der Waals surface area contributed by atoms with E-state index in [1.165, 1.54) is 6.07 Å². The summed E-state index contributed by atoms with van der Waals surface area (Å²) in [6, 6.07) is 10.7. The zero-order valence-electron chi connectivity index (χ0n) is 14.1. The van der Waals surface area contributed by atoms with Crippen LogP contribution in [-0.4, -0.2) is 25.4 Å². The van der Waals surface area contributed by atoms with Gasteiger partial charge in [0.2, 0.25) is 0 Å². The zero-order valence-corrected chi connectivity index (χ0v) is 14.8. The van der Waals surface area contributed by atoms with Gasteiger partial charge in [0.15, 0.2) is 11.2 Å². The summed E-state index contributed by atoms with van der Waals surface area (Å²) in [6.45, 7) is 1.87. The Balaban J connectivity index is 1.88. The van der Waals surface area contributed by atoms with Crippen molar-refractivity contribution < 1.29 is 4.42 Å². The third-order valence-corrected chi connectivity index (χ3v) is 4.70. The third kappa shape index (κ3) is 2.51. The molecular weight excluding hydrogens is 366 g/mol. The molecule has 8 heteroatoms. The van der Waals surface area contributed by atoms with Crippen molar-refractivity contribution in [3.8, 4) is 22.6 Å². The highest BCUT2D eigenvalue weighted by Crippen LogP contribution is 2.36. The zero-order chi connectivity index (χ0) is 18.5. The highest BCUT2D eigenvalue weighted by molar-refractivity contribution is 6.35. The molecule has 0 aliphatic carbocycles. The fourth-order valence-electron chi connectivity index (χ4n) is 3.14. The lowest BCUT2D eigenvalue weighted by molar-refractivity contribution is 0.547. The van der Waals surface area contributed by atoms with Gasteiger partial charge < -0.3 is 9.40 Å². The lowest BCUT2D eigenvalue weighted by Crippen LogP contribution is -2.03. The molecule has 0 aliphatic heterocycles. The number of pyridine rings is 2. The SMILES string of the molecule is Cc1ccc(-c2nc3[nH]ccc(=O)c3cc2-c2cc(Cl)c3nn[nH]c3c2)o1. The number of aryl methyl sites for hydroxylation is 1. The summed E-state index contributed by atoms with van der Waals surface area (Å²) in [7, 11) is 0. The quantitative estimate of drug-likeness (QED) is 0.482. The first-order valence-electron chi connectivity index (χ1n) is 8.20. The Kier molecular flexibility index (Phi) is 3.38. The van der Waals surface area contributed by atoms with Gasteiger partial charge >= 0.3 is 0 Å². The van der Waals surface area contributed by atoms with E-state index in [4.69, 9.17) is 16.0 Å². The van der Waals surface area contributed by atoms with E-state index < -0.39 is 0 Å². The van der Waals surface area contributed by atoms with Crippen molar-refractivity contribution in [2.75, 3.05) is 0 Å². The molecule has 0 saturated carbocycles. The molecule has 0 amide bonds. The van der Waals surface area contributed by atoms with E-state index in [1.807, 2.05) is 25.1 Å². The van der Waals surface area contributed by atoms with Gasteiger partial charge in [-0.15, -0.1) is 5.10 Å². The standard InChI is InChI=1S/C19H12ClN5O2/c1-9-2-3-16(27-9)17-11(8-12-15(26)4-5-21-19(12)22-17)10-6-13(20)18-14(7-10)23-25-24-18/h2-8H,1H3,(H,21,22,26)(H,23,24,25). The number of hydrogen-bond donors (Lipinski definition) is 2. The van der Waals surface area contributed by atoms with E-state index in [0.717, 1.165) is 16.9 Å². The number of nitrogens with zero attached hydrogens (tertiary/aromatic N) is 3. The van der Waals surface area contributed by atoms with Crippen molar-refractivity contribution in [3.63, 3.8) is 0 Å². The van der Waals surface area contributed by atoms with Gasteiger partial charge in [0.05, 0.1) is 15.9 Å². The Hall–Kier alpha value is -3.45. The van der Waals surface area contributed by atoms with Crippen LogP contribution in [0, 0.1) is 6.92 Å². The summed E-state index contributed by atoms with van der Waals surface area (Å²) in [5.41, 5.74) is 3.77. The maximum atomic E-state index is 12.3. The van der Waals surface area contributed by atoms with Crippen molar-refractivity contribution in [2.24, 2.45) is 0 Å². The summed E-state index contributed by atoms with van der Waals surface area (Å²) >= 11 is 6.37. The first-order valence-corrected chi connectivity index (χ1v) is 8.58. The fraction of sp³-hybridized carbons (Fsp3) is 0.0526. The minimum absolute atomic E-state index is 0.116. The summed E-state index contributed by atoms with van der Waals surface area (Å²) < 4.78 is 5.79. The molecule has 7 nitrogen and oxygen atoms in total.